The van der Waals surface area contributed by atoms with Crippen LogP contribution in [-0.2, 0) is 9.53 Å². The number of aromatic nitrogens is 1. The van der Waals surface area contributed by atoms with Crippen LogP contribution in [0.2, 0.25) is 0 Å². The normalized spacial score (nSPS) is 18.3. The summed E-state index contributed by atoms with van der Waals surface area (Å²) in [5.74, 6) is -0.290. The van der Waals surface area contributed by atoms with Crippen molar-refractivity contribution in [2.45, 2.75) is 25.4 Å². The number of hydrogen-bond donors (Lipinski definition) is 2. The van der Waals surface area contributed by atoms with E-state index in [0.717, 1.165) is 19.3 Å². The summed E-state index contributed by atoms with van der Waals surface area (Å²) in [4.78, 5) is 27.3. The molecule has 2 amide bonds. The first-order valence-corrected chi connectivity index (χ1v) is 6.85. The highest BCUT2D eigenvalue weighted by Crippen LogP contribution is 2.12. The van der Waals surface area contributed by atoms with Crippen molar-refractivity contribution in [2.24, 2.45) is 0 Å². The van der Waals surface area contributed by atoms with E-state index in [1.54, 1.807) is 18.3 Å². The molecule has 108 valence electrons. The van der Waals surface area contributed by atoms with E-state index >= 15 is 0 Å². The topological polar surface area (TPSA) is 80.3 Å². The Kier molecular flexibility index (Phi) is 5.49. The van der Waals surface area contributed by atoms with Crippen LogP contribution in [0.4, 0.5) is 0 Å². The van der Waals surface area contributed by atoms with Gasteiger partial charge in [0.05, 0.1) is 5.56 Å². The van der Waals surface area contributed by atoms with E-state index in [2.05, 4.69) is 15.6 Å². The fraction of sp³-hybridized carbons (Fsp3) is 0.500. The third-order valence-electron chi connectivity index (χ3n) is 3.11. The standard InChI is InChI=1S/C14H19N3O3/c18-13(11-4-3-6-15-10-11)16-7-8-17-14(19)12-5-1-2-9-20-12/h3-4,6,10,12H,1-2,5,7-9H2,(H,16,18)(H,17,19)/t12-/m1/s1. The van der Waals surface area contributed by atoms with Gasteiger partial charge >= 0.3 is 0 Å². The van der Waals surface area contributed by atoms with Crippen molar-refractivity contribution in [3.63, 3.8) is 0 Å². The molecule has 0 aromatic carbocycles. The van der Waals surface area contributed by atoms with Crippen LogP contribution in [-0.4, -0.2) is 42.6 Å². The second-order valence-electron chi connectivity index (χ2n) is 4.64. The Morgan fingerprint density at radius 2 is 2.15 bits per heavy atom. The maximum atomic E-state index is 11.8. The highest BCUT2D eigenvalue weighted by atomic mass is 16.5. The SMILES string of the molecule is O=C(NCCNC(=O)[C@H]1CCCCO1)c1cccnc1. The number of nitrogens with one attached hydrogen (secondary N) is 2. The molecule has 0 bridgehead atoms. The molecule has 1 aromatic rings. The number of ether oxygens (including phenoxy) is 1. The Hall–Kier alpha value is -1.95. The summed E-state index contributed by atoms with van der Waals surface area (Å²) in [6.45, 7) is 1.42. The second-order valence-corrected chi connectivity index (χ2v) is 4.64. The average Bonchev–Trinajstić information content (AvgIpc) is 2.53. The maximum absolute atomic E-state index is 11.8. The highest BCUT2D eigenvalue weighted by Gasteiger charge is 2.21. The van der Waals surface area contributed by atoms with Crippen molar-refractivity contribution in [3.05, 3.63) is 30.1 Å². The van der Waals surface area contributed by atoms with E-state index in [-0.39, 0.29) is 17.9 Å². The van der Waals surface area contributed by atoms with Crippen LogP contribution in [0.3, 0.4) is 0 Å². The van der Waals surface area contributed by atoms with Crippen molar-refractivity contribution in [3.8, 4) is 0 Å². The van der Waals surface area contributed by atoms with Crippen molar-refractivity contribution < 1.29 is 14.3 Å². The van der Waals surface area contributed by atoms with Crippen LogP contribution in [0.1, 0.15) is 29.6 Å². The summed E-state index contributed by atoms with van der Waals surface area (Å²) < 4.78 is 5.38. The van der Waals surface area contributed by atoms with Gasteiger partial charge in [-0.2, -0.15) is 0 Å². The molecular weight excluding hydrogens is 258 g/mol. The molecular formula is C14H19N3O3. The molecule has 1 fully saturated rings. The van der Waals surface area contributed by atoms with E-state index in [0.29, 0.717) is 25.3 Å². The molecule has 1 aliphatic heterocycles. The van der Waals surface area contributed by atoms with Gasteiger partial charge in [-0.15, -0.1) is 0 Å². The van der Waals surface area contributed by atoms with Gasteiger partial charge in [-0.25, -0.2) is 0 Å². The molecule has 20 heavy (non-hydrogen) atoms. The fourth-order valence-electron chi connectivity index (χ4n) is 2.02. The van der Waals surface area contributed by atoms with Gasteiger partial charge in [0.1, 0.15) is 6.10 Å². The number of carbonyl (C=O) groups excluding carboxylic acids is 2. The summed E-state index contributed by atoms with van der Waals surface area (Å²) in [5, 5.41) is 5.49. The highest BCUT2D eigenvalue weighted by molar-refractivity contribution is 5.93. The molecule has 0 spiro atoms. The molecule has 1 aliphatic rings. The molecule has 2 N–H and O–H groups in total. The summed E-state index contributed by atoms with van der Waals surface area (Å²) in [6, 6.07) is 3.40. The Balaban J connectivity index is 1.64. The smallest absolute Gasteiger partial charge is 0.252 e. The first-order valence-electron chi connectivity index (χ1n) is 6.85. The van der Waals surface area contributed by atoms with Crippen molar-refractivity contribution in [1.82, 2.24) is 15.6 Å². The molecule has 0 unspecified atom stereocenters. The van der Waals surface area contributed by atoms with Crippen LogP contribution < -0.4 is 10.6 Å². The summed E-state index contributed by atoms with van der Waals surface area (Å²) >= 11 is 0. The summed E-state index contributed by atoms with van der Waals surface area (Å²) in [7, 11) is 0. The van der Waals surface area contributed by atoms with Gasteiger partial charge in [0.2, 0.25) is 5.91 Å². The molecule has 6 nitrogen and oxygen atoms in total. The molecule has 2 rings (SSSR count). The van der Waals surface area contributed by atoms with E-state index in [1.807, 2.05) is 0 Å². The predicted octanol–water partition coefficient (Wildman–Crippen LogP) is 0.497. The van der Waals surface area contributed by atoms with E-state index < -0.39 is 0 Å². The second kappa shape index (κ2) is 7.59. The van der Waals surface area contributed by atoms with Gasteiger partial charge in [0.25, 0.3) is 5.91 Å². The lowest BCUT2D eigenvalue weighted by Crippen LogP contribution is -2.41. The molecule has 1 atom stereocenters. The lowest BCUT2D eigenvalue weighted by atomic mass is 10.1. The van der Waals surface area contributed by atoms with Gasteiger partial charge in [-0.1, -0.05) is 0 Å². The largest absolute Gasteiger partial charge is 0.368 e. The van der Waals surface area contributed by atoms with Crippen LogP contribution >= 0.6 is 0 Å². The maximum Gasteiger partial charge on any atom is 0.252 e. The number of nitrogens with zero attached hydrogens (tertiary/aromatic N) is 1. The zero-order valence-corrected chi connectivity index (χ0v) is 11.3. The van der Waals surface area contributed by atoms with Crippen LogP contribution in [0.15, 0.2) is 24.5 Å². The van der Waals surface area contributed by atoms with Crippen LogP contribution in [0.25, 0.3) is 0 Å². The molecule has 1 aromatic heterocycles. The molecule has 2 heterocycles. The third kappa shape index (κ3) is 4.31. The van der Waals surface area contributed by atoms with Crippen molar-refractivity contribution in [2.75, 3.05) is 19.7 Å². The van der Waals surface area contributed by atoms with E-state index in [4.69, 9.17) is 4.74 Å². The minimum absolute atomic E-state index is 0.0969. The minimum Gasteiger partial charge on any atom is -0.368 e. The number of amides is 2. The first kappa shape index (κ1) is 14.5. The Labute approximate surface area is 117 Å². The lowest BCUT2D eigenvalue weighted by Gasteiger charge is -2.21. The zero-order chi connectivity index (χ0) is 14.2. The average molecular weight is 277 g/mol. The van der Waals surface area contributed by atoms with Gasteiger partial charge in [-0.05, 0) is 31.4 Å². The Morgan fingerprint density at radius 1 is 1.30 bits per heavy atom. The molecule has 0 radical (unpaired) electrons. The Morgan fingerprint density at radius 3 is 2.85 bits per heavy atom. The lowest BCUT2D eigenvalue weighted by molar-refractivity contribution is -0.135. The number of carbonyl (C=O) groups is 2. The minimum atomic E-state index is -0.335. The van der Waals surface area contributed by atoms with Crippen molar-refractivity contribution in [1.29, 1.82) is 0 Å². The molecule has 1 saturated heterocycles. The van der Waals surface area contributed by atoms with Crippen LogP contribution in [0, 0.1) is 0 Å². The zero-order valence-electron chi connectivity index (χ0n) is 11.3. The van der Waals surface area contributed by atoms with Crippen LogP contribution in [0.5, 0.6) is 0 Å². The molecule has 0 saturated carbocycles. The van der Waals surface area contributed by atoms with Gasteiger partial charge in [-0.3, -0.25) is 14.6 Å². The number of pyridine rings is 1. The van der Waals surface area contributed by atoms with Gasteiger partial charge in [0.15, 0.2) is 0 Å². The first-order chi connectivity index (χ1) is 9.77. The van der Waals surface area contributed by atoms with Gasteiger partial charge in [0, 0.05) is 32.1 Å². The van der Waals surface area contributed by atoms with Gasteiger partial charge < -0.3 is 15.4 Å². The number of rotatable bonds is 5. The Bertz CT molecular complexity index is 444. The molecule has 0 aliphatic carbocycles. The van der Waals surface area contributed by atoms with E-state index in [9.17, 15) is 9.59 Å². The summed E-state index contributed by atoms with van der Waals surface area (Å²) in [6.07, 6.45) is 5.59. The monoisotopic (exact) mass is 277 g/mol. The molecule has 6 heteroatoms. The summed E-state index contributed by atoms with van der Waals surface area (Å²) in [5.41, 5.74) is 0.509. The van der Waals surface area contributed by atoms with E-state index in [1.165, 1.54) is 6.20 Å². The van der Waals surface area contributed by atoms with Crippen molar-refractivity contribution >= 4 is 11.8 Å². The fourth-order valence-corrected chi connectivity index (χ4v) is 2.02. The quantitative estimate of drug-likeness (QED) is 0.768. The number of hydrogen-bond acceptors (Lipinski definition) is 4. The predicted molar refractivity (Wildman–Crippen MR) is 73.2 cm³/mol. The third-order valence-corrected chi connectivity index (χ3v) is 3.11.